The summed E-state index contributed by atoms with van der Waals surface area (Å²) in [6, 6.07) is 3.30. The van der Waals surface area contributed by atoms with E-state index in [1.807, 2.05) is 0 Å². The van der Waals surface area contributed by atoms with Gasteiger partial charge in [-0.05, 0) is 34.5 Å². The molecule has 0 atom stereocenters. The van der Waals surface area contributed by atoms with Crippen molar-refractivity contribution in [2.75, 3.05) is 33.5 Å². The van der Waals surface area contributed by atoms with E-state index in [9.17, 15) is 4.79 Å². The Morgan fingerprint density at radius 3 is 2.88 bits per heavy atom. The third-order valence-electron chi connectivity index (χ3n) is 1.98. The zero-order chi connectivity index (χ0) is 12.5. The molecule has 0 unspecified atom stereocenters. The fourth-order valence-corrected chi connectivity index (χ4v) is 1.45. The molecule has 0 saturated carbocycles. The van der Waals surface area contributed by atoms with E-state index < -0.39 is 0 Å². The van der Waals surface area contributed by atoms with Crippen molar-refractivity contribution in [3.8, 4) is 0 Å². The van der Waals surface area contributed by atoms with E-state index in [1.165, 1.54) is 0 Å². The van der Waals surface area contributed by atoms with E-state index in [1.54, 1.807) is 19.2 Å². The molecule has 0 spiro atoms. The van der Waals surface area contributed by atoms with Crippen LogP contribution >= 0.6 is 15.9 Å². The first-order valence-corrected chi connectivity index (χ1v) is 6.13. The van der Waals surface area contributed by atoms with Crippen molar-refractivity contribution in [1.82, 2.24) is 5.32 Å². The first-order chi connectivity index (χ1) is 8.24. The van der Waals surface area contributed by atoms with Crippen molar-refractivity contribution in [3.05, 3.63) is 22.6 Å². The Bertz CT molecular complexity index is 340. The monoisotopic (exact) mass is 305 g/mol. The molecule has 0 saturated heterocycles. The number of carbonyl (C=O) groups is 1. The van der Waals surface area contributed by atoms with Gasteiger partial charge in [-0.3, -0.25) is 4.79 Å². The highest BCUT2D eigenvalue weighted by Gasteiger charge is 2.08. The SMILES string of the molecule is COCCOCCCNC(=O)c1ccc(Br)o1. The highest BCUT2D eigenvalue weighted by molar-refractivity contribution is 9.10. The summed E-state index contributed by atoms with van der Waals surface area (Å²) in [5.41, 5.74) is 0. The maximum absolute atomic E-state index is 11.5. The predicted octanol–water partition coefficient (Wildman–Crippen LogP) is 1.82. The minimum Gasteiger partial charge on any atom is -0.444 e. The van der Waals surface area contributed by atoms with Gasteiger partial charge in [0, 0.05) is 20.3 Å². The van der Waals surface area contributed by atoms with Crippen LogP contribution in [-0.4, -0.2) is 39.4 Å². The zero-order valence-corrected chi connectivity index (χ0v) is 11.3. The van der Waals surface area contributed by atoms with Crippen LogP contribution in [0.3, 0.4) is 0 Å². The van der Waals surface area contributed by atoms with Crippen molar-refractivity contribution in [2.45, 2.75) is 6.42 Å². The molecule has 5 nitrogen and oxygen atoms in total. The van der Waals surface area contributed by atoms with Gasteiger partial charge in [0.15, 0.2) is 10.4 Å². The fraction of sp³-hybridized carbons (Fsp3) is 0.545. The number of hydrogen-bond acceptors (Lipinski definition) is 4. The maximum atomic E-state index is 11.5. The van der Waals surface area contributed by atoms with Crippen LogP contribution in [0.25, 0.3) is 0 Å². The lowest BCUT2D eigenvalue weighted by Crippen LogP contribution is -2.24. The molecule has 1 heterocycles. The molecule has 0 bridgehead atoms. The van der Waals surface area contributed by atoms with Gasteiger partial charge in [0.1, 0.15) is 0 Å². The maximum Gasteiger partial charge on any atom is 0.287 e. The lowest BCUT2D eigenvalue weighted by molar-refractivity contribution is 0.0686. The lowest BCUT2D eigenvalue weighted by Gasteiger charge is -2.04. The molecule has 0 aliphatic heterocycles. The Hall–Kier alpha value is -0.850. The summed E-state index contributed by atoms with van der Waals surface area (Å²) in [6.07, 6.45) is 0.761. The van der Waals surface area contributed by atoms with Gasteiger partial charge in [0.2, 0.25) is 0 Å². The summed E-state index contributed by atoms with van der Waals surface area (Å²) >= 11 is 3.14. The summed E-state index contributed by atoms with van der Waals surface area (Å²) in [4.78, 5) is 11.5. The molecule has 0 aliphatic rings. The van der Waals surface area contributed by atoms with Crippen LogP contribution in [0, 0.1) is 0 Å². The number of methoxy groups -OCH3 is 1. The summed E-state index contributed by atoms with van der Waals surface area (Å²) in [6.45, 7) is 2.33. The second-order valence-electron chi connectivity index (χ2n) is 3.32. The molecular weight excluding hydrogens is 290 g/mol. The largest absolute Gasteiger partial charge is 0.444 e. The van der Waals surface area contributed by atoms with Crippen LogP contribution in [0.4, 0.5) is 0 Å². The van der Waals surface area contributed by atoms with Gasteiger partial charge >= 0.3 is 0 Å². The van der Waals surface area contributed by atoms with Gasteiger partial charge in [0.05, 0.1) is 13.2 Å². The van der Waals surface area contributed by atoms with Gasteiger partial charge in [-0.1, -0.05) is 0 Å². The number of ether oxygens (including phenoxy) is 2. The van der Waals surface area contributed by atoms with Crippen molar-refractivity contribution in [2.24, 2.45) is 0 Å². The lowest BCUT2D eigenvalue weighted by atomic mass is 10.4. The summed E-state index contributed by atoms with van der Waals surface area (Å²) < 4.78 is 15.8. The second kappa shape index (κ2) is 8.27. The summed E-state index contributed by atoms with van der Waals surface area (Å²) in [5, 5.41) is 2.74. The van der Waals surface area contributed by atoms with Gasteiger partial charge in [0.25, 0.3) is 5.91 Å². The number of furan rings is 1. The number of amides is 1. The number of halogens is 1. The van der Waals surface area contributed by atoms with E-state index in [-0.39, 0.29) is 5.91 Å². The molecule has 17 heavy (non-hydrogen) atoms. The molecule has 1 rings (SSSR count). The van der Waals surface area contributed by atoms with E-state index in [0.29, 0.717) is 36.8 Å². The Kier molecular flexibility index (Phi) is 6.91. The molecule has 0 aromatic carbocycles. The summed E-state index contributed by atoms with van der Waals surface area (Å²) in [7, 11) is 1.63. The van der Waals surface area contributed by atoms with Crippen molar-refractivity contribution >= 4 is 21.8 Å². The standard InChI is InChI=1S/C11H16BrNO4/c1-15-7-8-16-6-2-5-13-11(14)9-3-4-10(12)17-9/h3-4H,2,5-8H2,1H3,(H,13,14). The molecule has 0 radical (unpaired) electrons. The average Bonchev–Trinajstić information content (AvgIpc) is 2.74. The fourth-order valence-electron chi connectivity index (χ4n) is 1.14. The van der Waals surface area contributed by atoms with Crippen LogP contribution in [0.15, 0.2) is 21.2 Å². The molecule has 0 aliphatic carbocycles. The predicted molar refractivity (Wildman–Crippen MR) is 66.1 cm³/mol. The number of hydrogen-bond donors (Lipinski definition) is 1. The third-order valence-corrected chi connectivity index (χ3v) is 2.41. The minimum atomic E-state index is -0.215. The molecule has 1 aromatic heterocycles. The Balaban J connectivity index is 2.05. The topological polar surface area (TPSA) is 60.7 Å². The molecule has 1 aromatic rings. The van der Waals surface area contributed by atoms with Crippen LogP contribution in [0.2, 0.25) is 0 Å². The van der Waals surface area contributed by atoms with E-state index in [4.69, 9.17) is 13.9 Å². The van der Waals surface area contributed by atoms with Crippen LogP contribution in [0.1, 0.15) is 17.0 Å². The second-order valence-corrected chi connectivity index (χ2v) is 4.10. The van der Waals surface area contributed by atoms with Crippen molar-refractivity contribution in [1.29, 1.82) is 0 Å². The van der Waals surface area contributed by atoms with E-state index in [2.05, 4.69) is 21.2 Å². The first kappa shape index (κ1) is 14.2. The average molecular weight is 306 g/mol. The number of nitrogens with one attached hydrogen (secondary N) is 1. The smallest absolute Gasteiger partial charge is 0.287 e. The molecular formula is C11H16BrNO4. The van der Waals surface area contributed by atoms with Crippen LogP contribution in [0.5, 0.6) is 0 Å². The van der Waals surface area contributed by atoms with E-state index >= 15 is 0 Å². The molecule has 96 valence electrons. The zero-order valence-electron chi connectivity index (χ0n) is 9.70. The molecule has 1 N–H and O–H groups in total. The van der Waals surface area contributed by atoms with Crippen LogP contribution < -0.4 is 5.32 Å². The Morgan fingerprint density at radius 2 is 2.24 bits per heavy atom. The third kappa shape index (κ3) is 5.86. The van der Waals surface area contributed by atoms with Crippen molar-refractivity contribution < 1.29 is 18.7 Å². The number of rotatable bonds is 8. The highest BCUT2D eigenvalue weighted by Crippen LogP contribution is 2.13. The van der Waals surface area contributed by atoms with E-state index in [0.717, 1.165) is 6.42 Å². The number of carbonyl (C=O) groups excluding carboxylic acids is 1. The molecule has 0 fully saturated rings. The quantitative estimate of drug-likeness (QED) is 0.744. The Labute approximate surface area is 109 Å². The normalized spacial score (nSPS) is 10.5. The first-order valence-electron chi connectivity index (χ1n) is 5.34. The molecule has 6 heteroatoms. The van der Waals surface area contributed by atoms with Gasteiger partial charge in [-0.25, -0.2) is 0 Å². The summed E-state index contributed by atoms with van der Waals surface area (Å²) in [5.74, 6) is 0.0877. The minimum absolute atomic E-state index is 0.215. The van der Waals surface area contributed by atoms with Crippen molar-refractivity contribution in [3.63, 3.8) is 0 Å². The van der Waals surface area contributed by atoms with Crippen LogP contribution in [-0.2, 0) is 9.47 Å². The van der Waals surface area contributed by atoms with Gasteiger partial charge in [-0.15, -0.1) is 0 Å². The van der Waals surface area contributed by atoms with Gasteiger partial charge < -0.3 is 19.2 Å². The highest BCUT2D eigenvalue weighted by atomic mass is 79.9. The molecule has 1 amide bonds. The van der Waals surface area contributed by atoms with Gasteiger partial charge in [-0.2, -0.15) is 0 Å². The Morgan fingerprint density at radius 1 is 1.41 bits per heavy atom.